The molecule has 2 fully saturated rings. The Morgan fingerprint density at radius 2 is 2.00 bits per heavy atom. The van der Waals surface area contributed by atoms with Gasteiger partial charge in [0.05, 0.1) is 12.1 Å². The van der Waals surface area contributed by atoms with E-state index >= 15 is 0 Å². The maximum atomic E-state index is 11.9. The average Bonchev–Trinajstić information content (AvgIpc) is 3.14. The number of likely N-dealkylation sites (N-methyl/N-ethyl adjacent to an activating group) is 1. The van der Waals surface area contributed by atoms with Gasteiger partial charge >= 0.3 is 6.09 Å². The molecule has 1 saturated carbocycles. The van der Waals surface area contributed by atoms with Crippen LogP contribution in [0.1, 0.15) is 25.7 Å². The molecule has 1 heterocycles. The lowest BCUT2D eigenvalue weighted by atomic mass is 9.87. The summed E-state index contributed by atoms with van der Waals surface area (Å²) in [5.74, 6) is 0.619. The number of likely N-dealkylation sites (tertiary alicyclic amines) is 1. The van der Waals surface area contributed by atoms with Crippen molar-refractivity contribution in [2.24, 2.45) is 5.92 Å². The average molecular weight is 269 g/mol. The van der Waals surface area contributed by atoms with E-state index in [2.05, 4.69) is 36.3 Å². The summed E-state index contributed by atoms with van der Waals surface area (Å²) in [4.78, 5) is 16.4. The van der Waals surface area contributed by atoms with Crippen LogP contribution in [0, 0.1) is 5.92 Å². The molecule has 5 nitrogen and oxygen atoms in total. The summed E-state index contributed by atoms with van der Waals surface area (Å²) in [6, 6.07) is 0. The standard InChI is InChI=1S/C14H27N3O2/c1-16(2)11-14(6-8-17(3)9-7-14)15-13(18)19-10-12-4-5-12/h12H,4-11H2,1-3H3,(H,15,18). The van der Waals surface area contributed by atoms with E-state index in [-0.39, 0.29) is 11.6 Å². The van der Waals surface area contributed by atoms with E-state index in [1.165, 1.54) is 12.8 Å². The Kier molecular flexibility index (Phi) is 4.68. The molecule has 2 rings (SSSR count). The van der Waals surface area contributed by atoms with Crippen LogP contribution >= 0.6 is 0 Å². The molecule has 0 unspecified atom stereocenters. The molecule has 0 aromatic rings. The number of nitrogens with zero attached hydrogens (tertiary/aromatic N) is 2. The lowest BCUT2D eigenvalue weighted by Gasteiger charge is -2.42. The molecule has 5 heteroatoms. The maximum absolute atomic E-state index is 11.9. The van der Waals surface area contributed by atoms with Gasteiger partial charge in [0, 0.05) is 19.6 Å². The van der Waals surface area contributed by atoms with E-state index in [9.17, 15) is 4.79 Å². The van der Waals surface area contributed by atoms with Gasteiger partial charge in [-0.05, 0) is 52.7 Å². The summed E-state index contributed by atoms with van der Waals surface area (Å²) in [6.45, 7) is 3.51. The number of ether oxygens (including phenoxy) is 1. The molecule has 1 amide bonds. The molecule has 0 aromatic carbocycles. The number of piperidine rings is 1. The predicted molar refractivity (Wildman–Crippen MR) is 75.2 cm³/mol. The first-order chi connectivity index (χ1) is 8.99. The van der Waals surface area contributed by atoms with Crippen molar-refractivity contribution in [2.45, 2.75) is 31.2 Å². The molecule has 19 heavy (non-hydrogen) atoms. The highest BCUT2D eigenvalue weighted by Crippen LogP contribution is 2.29. The molecule has 2 aliphatic rings. The number of nitrogens with one attached hydrogen (secondary N) is 1. The zero-order valence-electron chi connectivity index (χ0n) is 12.4. The zero-order valence-corrected chi connectivity index (χ0v) is 12.4. The first kappa shape index (κ1) is 14.6. The molecule has 0 aromatic heterocycles. The van der Waals surface area contributed by atoms with Gasteiger partial charge in [-0.1, -0.05) is 0 Å². The summed E-state index contributed by atoms with van der Waals surface area (Å²) >= 11 is 0. The number of hydrogen-bond donors (Lipinski definition) is 1. The molecule has 0 radical (unpaired) electrons. The van der Waals surface area contributed by atoms with Crippen molar-refractivity contribution in [1.82, 2.24) is 15.1 Å². The number of hydrogen-bond acceptors (Lipinski definition) is 4. The van der Waals surface area contributed by atoms with E-state index in [1.54, 1.807) is 0 Å². The Balaban J connectivity index is 1.86. The van der Waals surface area contributed by atoms with E-state index in [4.69, 9.17) is 4.74 Å². The molecule has 1 aliphatic carbocycles. The third kappa shape index (κ3) is 4.66. The summed E-state index contributed by atoms with van der Waals surface area (Å²) in [5.41, 5.74) is -0.128. The number of alkyl carbamates (subject to hydrolysis) is 1. The summed E-state index contributed by atoms with van der Waals surface area (Å²) in [5, 5.41) is 3.14. The van der Waals surface area contributed by atoms with Crippen molar-refractivity contribution in [3.05, 3.63) is 0 Å². The maximum Gasteiger partial charge on any atom is 0.407 e. The summed E-state index contributed by atoms with van der Waals surface area (Å²) in [7, 11) is 6.24. The molecule has 0 atom stereocenters. The Hall–Kier alpha value is -0.810. The van der Waals surface area contributed by atoms with Crippen LogP contribution in [0.15, 0.2) is 0 Å². The van der Waals surface area contributed by atoms with Crippen LogP contribution in [0.2, 0.25) is 0 Å². The van der Waals surface area contributed by atoms with Gasteiger partial charge < -0.3 is 19.9 Å². The van der Waals surface area contributed by atoms with Gasteiger partial charge in [0.2, 0.25) is 0 Å². The second kappa shape index (κ2) is 6.09. The third-order valence-electron chi connectivity index (χ3n) is 4.08. The number of amides is 1. The van der Waals surface area contributed by atoms with Crippen LogP contribution in [-0.4, -0.2) is 68.8 Å². The lowest BCUT2D eigenvalue weighted by molar-refractivity contribution is 0.0939. The van der Waals surface area contributed by atoms with Gasteiger partial charge in [-0.15, -0.1) is 0 Å². The fourth-order valence-corrected chi connectivity index (χ4v) is 2.71. The number of carbonyl (C=O) groups is 1. The van der Waals surface area contributed by atoms with E-state index in [0.717, 1.165) is 32.5 Å². The highest BCUT2D eigenvalue weighted by Gasteiger charge is 2.36. The van der Waals surface area contributed by atoms with E-state index in [0.29, 0.717) is 12.5 Å². The van der Waals surface area contributed by atoms with Crippen molar-refractivity contribution in [1.29, 1.82) is 0 Å². The Morgan fingerprint density at radius 1 is 1.37 bits per heavy atom. The van der Waals surface area contributed by atoms with Gasteiger partial charge in [-0.3, -0.25) is 0 Å². The van der Waals surface area contributed by atoms with Crippen molar-refractivity contribution in [2.75, 3.05) is 47.4 Å². The Labute approximate surface area is 116 Å². The summed E-state index contributed by atoms with van der Waals surface area (Å²) in [6.07, 6.45) is 4.15. The normalized spacial score (nSPS) is 23.4. The first-order valence-corrected chi connectivity index (χ1v) is 7.27. The van der Waals surface area contributed by atoms with Gasteiger partial charge in [0.15, 0.2) is 0 Å². The van der Waals surface area contributed by atoms with Crippen LogP contribution in [0.5, 0.6) is 0 Å². The van der Waals surface area contributed by atoms with Gasteiger partial charge in [-0.2, -0.15) is 0 Å². The van der Waals surface area contributed by atoms with Crippen molar-refractivity contribution < 1.29 is 9.53 Å². The highest BCUT2D eigenvalue weighted by atomic mass is 16.5. The van der Waals surface area contributed by atoms with Gasteiger partial charge in [0.25, 0.3) is 0 Å². The van der Waals surface area contributed by atoms with Crippen molar-refractivity contribution in [3.63, 3.8) is 0 Å². The zero-order chi connectivity index (χ0) is 13.9. The van der Waals surface area contributed by atoms with Gasteiger partial charge in [-0.25, -0.2) is 4.79 Å². The third-order valence-corrected chi connectivity index (χ3v) is 4.08. The second-order valence-corrected chi connectivity index (χ2v) is 6.49. The van der Waals surface area contributed by atoms with E-state index < -0.39 is 0 Å². The highest BCUT2D eigenvalue weighted by molar-refractivity contribution is 5.68. The monoisotopic (exact) mass is 269 g/mol. The van der Waals surface area contributed by atoms with Crippen molar-refractivity contribution >= 4 is 6.09 Å². The molecule has 0 bridgehead atoms. The fraction of sp³-hybridized carbons (Fsp3) is 0.929. The summed E-state index contributed by atoms with van der Waals surface area (Å²) < 4.78 is 5.32. The first-order valence-electron chi connectivity index (χ1n) is 7.27. The topological polar surface area (TPSA) is 44.8 Å². The molecular formula is C14H27N3O2. The minimum Gasteiger partial charge on any atom is -0.449 e. The number of carbonyl (C=O) groups excluding carboxylic acids is 1. The minimum absolute atomic E-state index is 0.128. The molecule has 110 valence electrons. The molecule has 1 saturated heterocycles. The van der Waals surface area contributed by atoms with Crippen LogP contribution in [0.3, 0.4) is 0 Å². The van der Waals surface area contributed by atoms with Crippen LogP contribution < -0.4 is 5.32 Å². The molecular weight excluding hydrogens is 242 g/mol. The lowest BCUT2D eigenvalue weighted by Crippen LogP contribution is -2.59. The largest absolute Gasteiger partial charge is 0.449 e. The Bertz CT molecular complexity index is 308. The van der Waals surface area contributed by atoms with Crippen LogP contribution in [0.25, 0.3) is 0 Å². The molecule has 1 N–H and O–H groups in total. The fourth-order valence-electron chi connectivity index (χ4n) is 2.71. The minimum atomic E-state index is -0.238. The Morgan fingerprint density at radius 3 is 2.53 bits per heavy atom. The van der Waals surface area contributed by atoms with Gasteiger partial charge in [0.1, 0.15) is 0 Å². The number of rotatable bonds is 5. The second-order valence-electron chi connectivity index (χ2n) is 6.49. The molecule has 0 spiro atoms. The van der Waals surface area contributed by atoms with E-state index in [1.807, 2.05) is 0 Å². The molecule has 1 aliphatic heterocycles. The van der Waals surface area contributed by atoms with Crippen LogP contribution in [0.4, 0.5) is 4.79 Å². The SMILES string of the molecule is CN(C)CC1(NC(=O)OCC2CC2)CCN(C)CC1. The van der Waals surface area contributed by atoms with Crippen molar-refractivity contribution in [3.8, 4) is 0 Å². The smallest absolute Gasteiger partial charge is 0.407 e. The predicted octanol–water partition coefficient (Wildman–Crippen LogP) is 1.15. The quantitative estimate of drug-likeness (QED) is 0.813. The van der Waals surface area contributed by atoms with Crippen LogP contribution in [-0.2, 0) is 4.74 Å².